The van der Waals surface area contributed by atoms with Gasteiger partial charge in [0, 0.05) is 33.2 Å². The molecular weight excluding hydrogens is 270 g/mol. The van der Waals surface area contributed by atoms with E-state index in [4.69, 9.17) is 5.73 Å². The van der Waals surface area contributed by atoms with Crippen molar-refractivity contribution >= 4 is 11.9 Å². The zero-order valence-electron chi connectivity index (χ0n) is 13.2. The maximum absolute atomic E-state index is 11.9. The molecule has 3 amide bonds. The fraction of sp³-hybridized carbons (Fsp3) is 0.857. The predicted octanol–water partition coefficient (Wildman–Crippen LogP) is -0.423. The van der Waals surface area contributed by atoms with Crippen molar-refractivity contribution in [1.82, 2.24) is 20.4 Å². The van der Waals surface area contributed by atoms with Crippen molar-refractivity contribution in [2.45, 2.75) is 32.2 Å². The Morgan fingerprint density at radius 3 is 2.38 bits per heavy atom. The Morgan fingerprint density at radius 2 is 1.81 bits per heavy atom. The lowest BCUT2D eigenvalue weighted by atomic mass is 10.2. The van der Waals surface area contributed by atoms with Crippen molar-refractivity contribution in [3.8, 4) is 0 Å². The number of urea groups is 1. The molecule has 4 N–H and O–H groups in total. The molecule has 0 bridgehead atoms. The van der Waals surface area contributed by atoms with Crippen LogP contribution in [0.25, 0.3) is 0 Å². The largest absolute Gasteiger partial charge is 0.341 e. The summed E-state index contributed by atoms with van der Waals surface area (Å²) in [4.78, 5) is 27.6. The summed E-state index contributed by atoms with van der Waals surface area (Å²) in [5.41, 5.74) is 5.49. The van der Waals surface area contributed by atoms with Crippen LogP contribution in [-0.4, -0.2) is 74.1 Å². The number of amides is 3. The van der Waals surface area contributed by atoms with E-state index >= 15 is 0 Å². The molecular formula is C14H29N5O2. The van der Waals surface area contributed by atoms with Gasteiger partial charge in [-0.3, -0.25) is 15.0 Å². The molecule has 7 heteroatoms. The molecule has 7 nitrogen and oxygen atoms in total. The van der Waals surface area contributed by atoms with Gasteiger partial charge in [0.05, 0.1) is 6.04 Å². The minimum absolute atomic E-state index is 0.245. The number of hydrogen-bond acceptors (Lipinski definition) is 5. The SMILES string of the molecule is CNC(=O)NC(=O)C(C)N1CCN(CCCCCN)CC1. The monoisotopic (exact) mass is 299 g/mol. The van der Waals surface area contributed by atoms with Crippen LogP contribution in [-0.2, 0) is 4.79 Å². The van der Waals surface area contributed by atoms with E-state index < -0.39 is 6.03 Å². The summed E-state index contributed by atoms with van der Waals surface area (Å²) in [5.74, 6) is -0.245. The van der Waals surface area contributed by atoms with Crippen LogP contribution in [0.3, 0.4) is 0 Å². The maximum atomic E-state index is 11.9. The summed E-state index contributed by atoms with van der Waals surface area (Å²) in [6, 6.07) is -0.730. The number of nitrogens with two attached hydrogens (primary N) is 1. The number of hydrogen-bond donors (Lipinski definition) is 3. The molecule has 0 saturated carbocycles. The fourth-order valence-corrected chi connectivity index (χ4v) is 2.48. The third-order valence-corrected chi connectivity index (χ3v) is 3.98. The number of carbonyl (C=O) groups is 2. The van der Waals surface area contributed by atoms with Crippen molar-refractivity contribution in [3.05, 3.63) is 0 Å². The predicted molar refractivity (Wildman–Crippen MR) is 83.0 cm³/mol. The number of piperazine rings is 1. The van der Waals surface area contributed by atoms with Gasteiger partial charge in [-0.05, 0) is 32.9 Å². The van der Waals surface area contributed by atoms with Gasteiger partial charge in [-0.15, -0.1) is 0 Å². The van der Waals surface area contributed by atoms with Crippen molar-refractivity contribution in [2.24, 2.45) is 5.73 Å². The molecule has 0 aromatic heterocycles. The first kappa shape index (κ1) is 17.9. The number of carbonyl (C=O) groups excluding carboxylic acids is 2. The number of unbranched alkanes of at least 4 members (excludes halogenated alkanes) is 2. The Balaban J connectivity index is 2.25. The zero-order chi connectivity index (χ0) is 15.7. The van der Waals surface area contributed by atoms with Crippen LogP contribution in [0, 0.1) is 0 Å². The maximum Gasteiger partial charge on any atom is 0.321 e. The van der Waals surface area contributed by atoms with Crippen molar-refractivity contribution < 1.29 is 9.59 Å². The van der Waals surface area contributed by atoms with Gasteiger partial charge < -0.3 is 16.0 Å². The number of nitrogens with zero attached hydrogens (tertiary/aromatic N) is 2. The first-order chi connectivity index (χ1) is 10.1. The standard InChI is InChI=1S/C14H29N5O2/c1-12(13(20)17-14(21)16-2)19-10-8-18(9-11-19)7-5-3-4-6-15/h12H,3-11,15H2,1-2H3,(H2,16,17,20,21). The molecule has 122 valence electrons. The van der Waals surface area contributed by atoms with E-state index in [1.165, 1.54) is 19.9 Å². The Morgan fingerprint density at radius 1 is 1.14 bits per heavy atom. The van der Waals surface area contributed by atoms with Gasteiger partial charge in [-0.1, -0.05) is 6.42 Å². The van der Waals surface area contributed by atoms with Crippen LogP contribution >= 0.6 is 0 Å². The third kappa shape index (κ3) is 6.41. The molecule has 1 atom stereocenters. The average molecular weight is 299 g/mol. The second kappa shape index (κ2) is 9.70. The summed E-state index contributed by atoms with van der Waals surface area (Å²) in [7, 11) is 1.50. The van der Waals surface area contributed by atoms with Crippen molar-refractivity contribution in [1.29, 1.82) is 0 Å². The summed E-state index contributed by atoms with van der Waals surface area (Å²) < 4.78 is 0. The quantitative estimate of drug-likeness (QED) is 0.555. The molecule has 1 aliphatic heterocycles. The topological polar surface area (TPSA) is 90.7 Å². The third-order valence-electron chi connectivity index (χ3n) is 3.98. The van der Waals surface area contributed by atoms with Crippen LogP contribution in [0.4, 0.5) is 4.79 Å². The highest BCUT2D eigenvalue weighted by atomic mass is 16.2. The molecule has 21 heavy (non-hydrogen) atoms. The Kier molecular flexibility index (Phi) is 8.26. The normalized spacial score (nSPS) is 18.2. The van der Waals surface area contributed by atoms with Gasteiger partial charge >= 0.3 is 6.03 Å². The summed E-state index contributed by atoms with van der Waals surface area (Å²) >= 11 is 0. The van der Waals surface area contributed by atoms with Crippen molar-refractivity contribution in [2.75, 3.05) is 46.3 Å². The molecule has 1 fully saturated rings. The molecule has 1 rings (SSSR count). The highest BCUT2D eigenvalue weighted by Gasteiger charge is 2.26. The molecule has 0 aliphatic carbocycles. The van der Waals surface area contributed by atoms with Gasteiger partial charge in [0.2, 0.25) is 5.91 Å². The summed E-state index contributed by atoms with van der Waals surface area (Å²) in [5, 5.41) is 4.72. The first-order valence-corrected chi connectivity index (χ1v) is 7.77. The molecule has 0 aromatic rings. The van der Waals surface area contributed by atoms with Crippen molar-refractivity contribution in [3.63, 3.8) is 0 Å². The van der Waals surface area contributed by atoms with E-state index in [0.717, 1.165) is 45.7 Å². The van der Waals surface area contributed by atoms with E-state index in [2.05, 4.69) is 20.4 Å². The number of imide groups is 1. The van der Waals surface area contributed by atoms with Gasteiger partial charge in [0.25, 0.3) is 0 Å². The molecule has 1 heterocycles. The average Bonchev–Trinajstić information content (AvgIpc) is 2.51. The van der Waals surface area contributed by atoms with Crippen LogP contribution in [0.2, 0.25) is 0 Å². The lowest BCUT2D eigenvalue weighted by Crippen LogP contribution is -2.55. The molecule has 1 aliphatic rings. The zero-order valence-corrected chi connectivity index (χ0v) is 13.2. The minimum atomic E-state index is -0.453. The van der Waals surface area contributed by atoms with E-state index in [0.29, 0.717) is 0 Å². The fourth-order valence-electron chi connectivity index (χ4n) is 2.48. The summed E-state index contributed by atoms with van der Waals surface area (Å²) in [6.45, 7) is 7.38. The number of rotatable bonds is 7. The lowest BCUT2D eigenvalue weighted by molar-refractivity contribution is -0.125. The molecule has 0 aromatic carbocycles. The van der Waals surface area contributed by atoms with E-state index in [1.807, 2.05) is 6.92 Å². The minimum Gasteiger partial charge on any atom is -0.341 e. The summed E-state index contributed by atoms with van der Waals surface area (Å²) in [6.07, 6.45) is 3.46. The lowest BCUT2D eigenvalue weighted by Gasteiger charge is -2.37. The van der Waals surface area contributed by atoms with E-state index in [-0.39, 0.29) is 11.9 Å². The Bertz CT molecular complexity index is 329. The smallest absolute Gasteiger partial charge is 0.321 e. The van der Waals surface area contributed by atoms with Crippen LogP contribution in [0.1, 0.15) is 26.2 Å². The first-order valence-electron chi connectivity index (χ1n) is 7.77. The van der Waals surface area contributed by atoms with Crippen LogP contribution < -0.4 is 16.4 Å². The Labute approximate surface area is 127 Å². The second-order valence-electron chi connectivity index (χ2n) is 5.47. The van der Waals surface area contributed by atoms with Crippen LogP contribution in [0.15, 0.2) is 0 Å². The molecule has 1 unspecified atom stereocenters. The van der Waals surface area contributed by atoms with Gasteiger partial charge in [0.1, 0.15) is 0 Å². The highest BCUT2D eigenvalue weighted by Crippen LogP contribution is 2.08. The molecule has 0 radical (unpaired) electrons. The van der Waals surface area contributed by atoms with Gasteiger partial charge in [-0.25, -0.2) is 4.79 Å². The molecule has 1 saturated heterocycles. The second-order valence-corrected chi connectivity index (χ2v) is 5.47. The Hall–Kier alpha value is -1.18. The van der Waals surface area contributed by atoms with Gasteiger partial charge in [0.15, 0.2) is 0 Å². The van der Waals surface area contributed by atoms with Crippen LogP contribution in [0.5, 0.6) is 0 Å². The van der Waals surface area contributed by atoms with Gasteiger partial charge in [-0.2, -0.15) is 0 Å². The highest BCUT2D eigenvalue weighted by molar-refractivity contribution is 5.96. The van der Waals surface area contributed by atoms with E-state index in [1.54, 1.807) is 0 Å². The molecule has 0 spiro atoms. The number of nitrogens with one attached hydrogen (secondary N) is 2. The van der Waals surface area contributed by atoms with E-state index in [9.17, 15) is 9.59 Å².